The van der Waals surface area contributed by atoms with Crippen molar-refractivity contribution in [3.8, 4) is 11.3 Å². The quantitative estimate of drug-likeness (QED) is 0.179. The zero-order valence-corrected chi connectivity index (χ0v) is 26.9. The largest absolute Gasteiger partial charge is 0.444 e. The van der Waals surface area contributed by atoms with Gasteiger partial charge in [0.25, 0.3) is 5.91 Å². The van der Waals surface area contributed by atoms with Crippen molar-refractivity contribution in [2.75, 3.05) is 13.1 Å². The molecule has 0 radical (unpaired) electrons. The van der Waals surface area contributed by atoms with Crippen LogP contribution in [0.1, 0.15) is 66.5 Å². The summed E-state index contributed by atoms with van der Waals surface area (Å²) in [6, 6.07) is 10.3. The Kier molecular flexibility index (Phi) is 10.7. The number of aromatic nitrogens is 4. The Morgan fingerprint density at radius 3 is 2.12 bits per heavy atom. The average Bonchev–Trinajstić information content (AvgIpc) is 3.41. The van der Waals surface area contributed by atoms with E-state index in [1.807, 2.05) is 0 Å². The number of pyridine rings is 1. The summed E-state index contributed by atoms with van der Waals surface area (Å²) in [7, 11) is 0. The van der Waals surface area contributed by atoms with Crippen molar-refractivity contribution in [1.29, 1.82) is 0 Å². The molecule has 256 valence electrons. The number of hydrogen-bond acceptors (Lipinski definition) is 6. The fourth-order valence-electron chi connectivity index (χ4n) is 4.83. The van der Waals surface area contributed by atoms with E-state index in [1.165, 1.54) is 29.4 Å². The second-order valence-electron chi connectivity index (χ2n) is 11.7. The first-order valence-corrected chi connectivity index (χ1v) is 14.9. The molecule has 0 saturated heterocycles. The van der Waals surface area contributed by atoms with Crippen LogP contribution in [-0.4, -0.2) is 55.6 Å². The number of carbonyl (C=O) groups is 2. The number of carbonyl (C=O) groups excluding carboxylic acids is 2. The zero-order valence-electron chi connectivity index (χ0n) is 26.2. The van der Waals surface area contributed by atoms with E-state index in [2.05, 4.69) is 20.6 Å². The molecule has 0 bridgehead atoms. The zero-order chi connectivity index (χ0) is 35.4. The van der Waals surface area contributed by atoms with Crippen LogP contribution in [0.3, 0.4) is 0 Å². The maximum Gasteiger partial charge on any atom is 0.416 e. The Bertz CT molecular complexity index is 1720. The minimum absolute atomic E-state index is 0.0184. The van der Waals surface area contributed by atoms with Gasteiger partial charge >= 0.3 is 18.4 Å². The number of alkyl halides is 6. The van der Waals surface area contributed by atoms with Gasteiger partial charge in [-0.05, 0) is 75.2 Å². The highest BCUT2D eigenvalue weighted by atomic mass is 35.5. The Labute approximate surface area is 276 Å². The monoisotopic (exact) mass is 696 g/mol. The summed E-state index contributed by atoms with van der Waals surface area (Å²) in [5, 5.41) is 11.0. The minimum Gasteiger partial charge on any atom is -0.444 e. The molecule has 0 aliphatic heterocycles. The highest BCUT2D eigenvalue weighted by Gasteiger charge is 2.37. The minimum atomic E-state index is -5.06. The third-order valence-corrected chi connectivity index (χ3v) is 7.32. The number of hydrogen-bond donors (Lipinski definition) is 1. The van der Waals surface area contributed by atoms with Crippen molar-refractivity contribution < 1.29 is 40.7 Å². The lowest BCUT2D eigenvalue weighted by atomic mass is 10.0. The molecule has 0 spiro atoms. The molecule has 0 saturated carbocycles. The van der Waals surface area contributed by atoms with E-state index >= 15 is 0 Å². The lowest BCUT2D eigenvalue weighted by Crippen LogP contribution is -2.41. The van der Waals surface area contributed by atoms with Gasteiger partial charge in [-0.25, -0.2) is 9.48 Å². The fourth-order valence-corrected chi connectivity index (χ4v) is 5.12. The molecule has 2 aromatic heterocycles. The van der Waals surface area contributed by atoms with Crippen molar-refractivity contribution in [3.63, 3.8) is 0 Å². The van der Waals surface area contributed by atoms with Gasteiger partial charge in [-0.1, -0.05) is 35.0 Å². The summed E-state index contributed by atoms with van der Waals surface area (Å²) in [6.45, 7) is 6.05. The summed E-state index contributed by atoms with van der Waals surface area (Å²) in [5.74, 6) is -0.702. The number of halogens is 7. The van der Waals surface area contributed by atoms with Gasteiger partial charge in [0.2, 0.25) is 0 Å². The van der Waals surface area contributed by atoms with Gasteiger partial charge in [0.1, 0.15) is 11.3 Å². The third kappa shape index (κ3) is 9.02. The molecule has 16 heteroatoms. The lowest BCUT2D eigenvalue weighted by molar-refractivity contribution is -0.143. The van der Waals surface area contributed by atoms with Gasteiger partial charge in [0.15, 0.2) is 5.69 Å². The Balaban J connectivity index is 1.78. The molecule has 0 unspecified atom stereocenters. The maximum absolute atomic E-state index is 14.3. The van der Waals surface area contributed by atoms with Crippen LogP contribution in [0.15, 0.2) is 67.0 Å². The number of rotatable bonds is 9. The van der Waals surface area contributed by atoms with Crippen LogP contribution in [0.5, 0.6) is 0 Å². The summed E-state index contributed by atoms with van der Waals surface area (Å²) >= 11 is 6.46. The van der Waals surface area contributed by atoms with E-state index in [0.29, 0.717) is 28.3 Å². The van der Waals surface area contributed by atoms with Gasteiger partial charge < -0.3 is 15.0 Å². The molecule has 1 N–H and O–H groups in total. The molecule has 0 fully saturated rings. The van der Waals surface area contributed by atoms with Crippen LogP contribution >= 0.6 is 11.6 Å². The smallest absolute Gasteiger partial charge is 0.416 e. The van der Waals surface area contributed by atoms with E-state index in [-0.39, 0.29) is 36.1 Å². The van der Waals surface area contributed by atoms with E-state index < -0.39 is 53.7 Å². The van der Waals surface area contributed by atoms with Crippen LogP contribution in [0.2, 0.25) is 5.02 Å². The van der Waals surface area contributed by atoms with E-state index in [9.17, 15) is 35.9 Å². The Hall–Kier alpha value is -4.66. The summed E-state index contributed by atoms with van der Waals surface area (Å²) in [5.41, 5.74) is -3.49. The molecule has 2 amide bonds. The average molecular weight is 697 g/mol. The molecule has 1 atom stereocenters. The van der Waals surface area contributed by atoms with Crippen molar-refractivity contribution in [2.24, 2.45) is 0 Å². The van der Waals surface area contributed by atoms with Gasteiger partial charge in [-0.15, -0.1) is 5.10 Å². The first kappa shape index (κ1) is 36.2. The fraction of sp³-hybridized carbons (Fsp3) is 0.344. The molecule has 2 heterocycles. The highest BCUT2D eigenvalue weighted by Crippen LogP contribution is 2.37. The molecule has 0 aliphatic carbocycles. The maximum atomic E-state index is 14.3. The van der Waals surface area contributed by atoms with Gasteiger partial charge in [-0.3, -0.25) is 9.78 Å². The van der Waals surface area contributed by atoms with Gasteiger partial charge in [0.05, 0.1) is 23.7 Å². The second-order valence-corrected chi connectivity index (χ2v) is 12.1. The molecule has 9 nitrogen and oxygen atoms in total. The molecule has 4 aromatic rings. The van der Waals surface area contributed by atoms with Crippen LogP contribution in [-0.2, 0) is 23.6 Å². The topological polar surface area (TPSA) is 102 Å². The molecular formula is C32H31ClF6N6O3. The van der Waals surface area contributed by atoms with E-state index in [0.717, 1.165) is 4.68 Å². The summed E-state index contributed by atoms with van der Waals surface area (Å²) in [4.78, 5) is 32.0. The van der Waals surface area contributed by atoms with Crippen LogP contribution in [0, 0.1) is 0 Å². The van der Waals surface area contributed by atoms with Crippen LogP contribution in [0.4, 0.5) is 31.1 Å². The molecule has 2 aromatic carbocycles. The number of amides is 2. The predicted octanol–water partition coefficient (Wildman–Crippen LogP) is 7.81. The van der Waals surface area contributed by atoms with Crippen molar-refractivity contribution in [2.45, 2.75) is 58.2 Å². The van der Waals surface area contributed by atoms with Gasteiger partial charge in [-0.2, -0.15) is 26.3 Å². The molecule has 4 rings (SSSR count). The number of nitrogens with one attached hydrogen (secondary N) is 1. The highest BCUT2D eigenvalue weighted by molar-refractivity contribution is 6.31. The molecular weight excluding hydrogens is 666 g/mol. The number of alkyl carbamates (subject to hydrolysis) is 1. The summed E-state index contributed by atoms with van der Waals surface area (Å²) < 4.78 is 87.9. The predicted molar refractivity (Wildman–Crippen MR) is 164 cm³/mol. The molecule has 0 aliphatic rings. The van der Waals surface area contributed by atoms with E-state index in [1.54, 1.807) is 52.0 Å². The van der Waals surface area contributed by atoms with Gasteiger partial charge in [0, 0.05) is 36.1 Å². The van der Waals surface area contributed by atoms with E-state index in [4.69, 9.17) is 16.3 Å². The molecule has 48 heavy (non-hydrogen) atoms. The third-order valence-electron chi connectivity index (χ3n) is 6.98. The second kappa shape index (κ2) is 14.2. The SMILES string of the molecule is C[C@H](c1ccccc1Cl)N(CCNC(=O)OC(C)(C)C)C(=O)c1nnn(Cc2cc(C(F)(F)F)cc(C(F)(F)F)c2)c1-c1ccncc1. The number of benzene rings is 2. The summed E-state index contributed by atoms with van der Waals surface area (Å²) in [6.07, 6.45) is -8.06. The van der Waals surface area contributed by atoms with Crippen molar-refractivity contribution >= 4 is 23.6 Å². The Morgan fingerprint density at radius 1 is 0.958 bits per heavy atom. The van der Waals surface area contributed by atoms with Crippen molar-refractivity contribution in [3.05, 3.63) is 100.0 Å². The number of ether oxygens (including phenoxy) is 1. The number of nitrogens with zero attached hydrogens (tertiary/aromatic N) is 5. The lowest BCUT2D eigenvalue weighted by Gasteiger charge is -2.30. The Morgan fingerprint density at radius 2 is 1.56 bits per heavy atom. The first-order valence-electron chi connectivity index (χ1n) is 14.5. The van der Waals surface area contributed by atoms with Crippen molar-refractivity contribution in [1.82, 2.24) is 30.2 Å². The first-order chi connectivity index (χ1) is 22.3. The van der Waals surface area contributed by atoms with Crippen LogP contribution < -0.4 is 5.32 Å². The normalized spacial score (nSPS) is 12.8. The van der Waals surface area contributed by atoms with Crippen LogP contribution in [0.25, 0.3) is 11.3 Å². The standard InChI is InChI=1S/C32H31ClF6N6O3/c1-19(24-7-5-6-8-25(24)33)44(14-13-41-29(47)48-30(2,3)4)28(46)26-27(21-9-11-40-12-10-21)45(43-42-26)18-20-15-22(31(34,35)36)17-23(16-20)32(37,38)39/h5-12,15-17,19H,13-14,18H2,1-4H3,(H,41,47)/t19-/m1/s1.